The van der Waals surface area contributed by atoms with E-state index in [-0.39, 0.29) is 11.9 Å². The van der Waals surface area contributed by atoms with Gasteiger partial charge in [-0.1, -0.05) is 29.8 Å². The van der Waals surface area contributed by atoms with Gasteiger partial charge in [-0.3, -0.25) is 9.20 Å². The molecule has 0 bridgehead atoms. The third-order valence-corrected chi connectivity index (χ3v) is 4.96. The summed E-state index contributed by atoms with van der Waals surface area (Å²) in [7, 11) is 0. The van der Waals surface area contributed by atoms with Crippen molar-refractivity contribution >= 4 is 23.2 Å². The number of aromatic nitrogens is 3. The summed E-state index contributed by atoms with van der Waals surface area (Å²) in [6.07, 6.45) is 6.22. The maximum Gasteiger partial charge on any atom is 0.255 e. The molecule has 0 spiro atoms. The first kappa shape index (κ1) is 15.1. The Labute approximate surface area is 144 Å². The number of carbonyl (C=O) groups is 1. The molecule has 0 aliphatic carbocycles. The van der Waals surface area contributed by atoms with E-state index in [1.54, 1.807) is 16.9 Å². The number of pyridine rings is 1. The lowest BCUT2D eigenvalue weighted by atomic mass is 10.0. The van der Waals surface area contributed by atoms with Crippen LogP contribution in [0.3, 0.4) is 0 Å². The summed E-state index contributed by atoms with van der Waals surface area (Å²) >= 11 is 6.28. The van der Waals surface area contributed by atoms with Crippen molar-refractivity contribution in [2.24, 2.45) is 0 Å². The predicted molar refractivity (Wildman–Crippen MR) is 92.2 cm³/mol. The largest absolute Gasteiger partial charge is 0.335 e. The second-order valence-corrected chi connectivity index (χ2v) is 6.51. The molecule has 0 saturated carbocycles. The third kappa shape index (κ3) is 2.76. The molecule has 3 heterocycles. The number of likely N-dealkylation sites (tertiary alicyclic amines) is 1. The van der Waals surface area contributed by atoms with Gasteiger partial charge in [-0.15, -0.1) is 10.2 Å². The molecule has 24 heavy (non-hydrogen) atoms. The van der Waals surface area contributed by atoms with Crippen LogP contribution in [0.1, 0.15) is 28.8 Å². The molecule has 0 unspecified atom stereocenters. The number of halogens is 1. The first-order valence-electron chi connectivity index (χ1n) is 8.06. The van der Waals surface area contributed by atoms with Gasteiger partial charge in [-0.2, -0.15) is 0 Å². The number of hydrogen-bond acceptors (Lipinski definition) is 3. The van der Waals surface area contributed by atoms with Gasteiger partial charge in [0.25, 0.3) is 5.91 Å². The first-order valence-corrected chi connectivity index (χ1v) is 8.44. The molecule has 5 nitrogen and oxygen atoms in total. The number of carbonyl (C=O) groups excluding carboxylic acids is 1. The molecule has 1 aliphatic rings. The van der Waals surface area contributed by atoms with E-state index in [1.807, 2.05) is 41.3 Å². The Bertz CT molecular complexity index is 891. The lowest BCUT2D eigenvalue weighted by Crippen LogP contribution is -2.37. The van der Waals surface area contributed by atoms with Crippen molar-refractivity contribution in [3.05, 3.63) is 65.1 Å². The van der Waals surface area contributed by atoms with Gasteiger partial charge in [-0.25, -0.2) is 0 Å². The van der Waals surface area contributed by atoms with Gasteiger partial charge in [0.05, 0.1) is 5.56 Å². The molecule has 3 aromatic rings. The minimum Gasteiger partial charge on any atom is -0.335 e. The Kier molecular flexibility index (Phi) is 3.94. The average molecular weight is 341 g/mol. The molecule has 122 valence electrons. The van der Waals surface area contributed by atoms with E-state index in [1.165, 1.54) is 0 Å². The number of hydrogen-bond donors (Lipinski definition) is 0. The maximum absolute atomic E-state index is 12.9. The molecule has 1 saturated heterocycles. The van der Waals surface area contributed by atoms with E-state index >= 15 is 0 Å². The molecule has 4 rings (SSSR count). The van der Waals surface area contributed by atoms with Crippen LogP contribution in [-0.4, -0.2) is 38.0 Å². The summed E-state index contributed by atoms with van der Waals surface area (Å²) in [5.41, 5.74) is 2.49. The number of benzene rings is 1. The van der Waals surface area contributed by atoms with Crippen molar-refractivity contribution in [1.82, 2.24) is 19.5 Å². The van der Waals surface area contributed by atoms with Crippen molar-refractivity contribution in [3.8, 4) is 0 Å². The number of nitrogens with zero attached hydrogens (tertiary/aromatic N) is 4. The molecule has 0 radical (unpaired) electrons. The zero-order chi connectivity index (χ0) is 16.5. The quantitative estimate of drug-likeness (QED) is 0.735. The van der Waals surface area contributed by atoms with Gasteiger partial charge in [0.15, 0.2) is 5.65 Å². The van der Waals surface area contributed by atoms with E-state index in [9.17, 15) is 4.79 Å². The van der Waals surface area contributed by atoms with Gasteiger partial charge in [0.1, 0.15) is 6.33 Å². The number of fused-ring (bicyclic) bond motifs is 1. The number of amides is 1. The molecule has 1 atom stereocenters. The van der Waals surface area contributed by atoms with Crippen molar-refractivity contribution in [2.45, 2.75) is 25.3 Å². The predicted octanol–water partition coefficient (Wildman–Crippen LogP) is 3.23. The summed E-state index contributed by atoms with van der Waals surface area (Å²) in [6.45, 7) is 0.786. The van der Waals surface area contributed by atoms with Crippen molar-refractivity contribution in [2.75, 3.05) is 6.54 Å². The standard InChI is InChI=1S/C18H17ClN4O/c19-16-6-2-1-4-13(16)10-15-5-3-9-23(15)18(24)14-7-8-17-21-20-12-22(17)11-14/h1-2,4,6-8,11-12,15H,3,5,9-10H2/t15-/m0/s1. The van der Waals surface area contributed by atoms with E-state index < -0.39 is 0 Å². The Morgan fingerprint density at radius 1 is 1.25 bits per heavy atom. The summed E-state index contributed by atoms with van der Waals surface area (Å²) in [6, 6.07) is 11.7. The normalized spacial score (nSPS) is 17.5. The van der Waals surface area contributed by atoms with Crippen LogP contribution in [0.25, 0.3) is 5.65 Å². The molecule has 6 heteroatoms. The van der Waals surface area contributed by atoms with E-state index in [2.05, 4.69) is 10.2 Å². The van der Waals surface area contributed by atoms with Crippen LogP contribution >= 0.6 is 11.6 Å². The Hall–Kier alpha value is -2.40. The van der Waals surface area contributed by atoms with E-state index in [0.29, 0.717) is 5.56 Å². The van der Waals surface area contributed by atoms with Crippen LogP contribution in [0.15, 0.2) is 48.9 Å². The highest BCUT2D eigenvalue weighted by molar-refractivity contribution is 6.31. The topological polar surface area (TPSA) is 50.5 Å². The lowest BCUT2D eigenvalue weighted by molar-refractivity contribution is 0.0736. The van der Waals surface area contributed by atoms with Crippen molar-refractivity contribution in [3.63, 3.8) is 0 Å². The monoisotopic (exact) mass is 340 g/mol. The lowest BCUT2D eigenvalue weighted by Gasteiger charge is -2.25. The minimum absolute atomic E-state index is 0.0557. The molecule has 1 aromatic carbocycles. The summed E-state index contributed by atoms with van der Waals surface area (Å²) < 4.78 is 1.77. The zero-order valence-corrected chi connectivity index (χ0v) is 13.9. The van der Waals surface area contributed by atoms with Gasteiger partial charge in [0.2, 0.25) is 0 Å². The summed E-state index contributed by atoms with van der Waals surface area (Å²) in [4.78, 5) is 14.9. The Morgan fingerprint density at radius 3 is 3.00 bits per heavy atom. The van der Waals surface area contributed by atoms with Crippen LogP contribution in [-0.2, 0) is 6.42 Å². The highest BCUT2D eigenvalue weighted by Gasteiger charge is 2.30. The molecular weight excluding hydrogens is 324 g/mol. The SMILES string of the molecule is O=C(c1ccc2nncn2c1)N1CCC[C@H]1Cc1ccccc1Cl. The second kappa shape index (κ2) is 6.24. The Morgan fingerprint density at radius 2 is 2.12 bits per heavy atom. The highest BCUT2D eigenvalue weighted by atomic mass is 35.5. The van der Waals surface area contributed by atoms with E-state index in [0.717, 1.165) is 42.0 Å². The van der Waals surface area contributed by atoms with Gasteiger partial charge < -0.3 is 4.90 Å². The van der Waals surface area contributed by atoms with Gasteiger partial charge in [-0.05, 0) is 43.0 Å². The van der Waals surface area contributed by atoms with Crippen LogP contribution in [0, 0.1) is 0 Å². The van der Waals surface area contributed by atoms with Gasteiger partial charge >= 0.3 is 0 Å². The number of rotatable bonds is 3. The first-order chi connectivity index (χ1) is 11.7. The fourth-order valence-corrected chi connectivity index (χ4v) is 3.57. The fourth-order valence-electron chi connectivity index (χ4n) is 3.35. The molecule has 1 amide bonds. The molecular formula is C18H17ClN4O. The zero-order valence-electron chi connectivity index (χ0n) is 13.1. The van der Waals surface area contributed by atoms with Crippen molar-refractivity contribution < 1.29 is 4.79 Å². The molecule has 1 fully saturated rings. The highest BCUT2D eigenvalue weighted by Crippen LogP contribution is 2.26. The third-order valence-electron chi connectivity index (χ3n) is 4.59. The van der Waals surface area contributed by atoms with Crippen LogP contribution in [0.5, 0.6) is 0 Å². The second-order valence-electron chi connectivity index (χ2n) is 6.10. The molecule has 1 aliphatic heterocycles. The maximum atomic E-state index is 12.9. The molecule has 2 aromatic heterocycles. The summed E-state index contributed by atoms with van der Waals surface area (Å²) in [5.74, 6) is 0.0557. The smallest absolute Gasteiger partial charge is 0.255 e. The Balaban J connectivity index is 1.57. The van der Waals surface area contributed by atoms with Gasteiger partial charge in [0, 0.05) is 23.8 Å². The molecule has 0 N–H and O–H groups in total. The van der Waals surface area contributed by atoms with E-state index in [4.69, 9.17) is 11.6 Å². The van der Waals surface area contributed by atoms with Crippen LogP contribution in [0.2, 0.25) is 5.02 Å². The minimum atomic E-state index is 0.0557. The van der Waals surface area contributed by atoms with Crippen LogP contribution < -0.4 is 0 Å². The van der Waals surface area contributed by atoms with Crippen molar-refractivity contribution in [1.29, 1.82) is 0 Å². The van der Waals surface area contributed by atoms with Crippen LogP contribution in [0.4, 0.5) is 0 Å². The average Bonchev–Trinajstić information content (AvgIpc) is 3.24. The fraction of sp³-hybridized carbons (Fsp3) is 0.278. The summed E-state index contributed by atoms with van der Waals surface area (Å²) in [5, 5.41) is 8.59.